The van der Waals surface area contributed by atoms with Crippen molar-refractivity contribution >= 4 is 44.8 Å². The summed E-state index contributed by atoms with van der Waals surface area (Å²) in [5, 5.41) is 4.64. The van der Waals surface area contributed by atoms with Crippen LogP contribution in [0.1, 0.15) is 5.56 Å². The molecule has 0 radical (unpaired) electrons. The fourth-order valence-corrected chi connectivity index (χ4v) is 4.89. The first kappa shape index (κ1) is 19.4. The monoisotopic (exact) mass is 402 g/mol. The van der Waals surface area contributed by atoms with Crippen LogP contribution in [-0.2, 0) is 9.84 Å². The van der Waals surface area contributed by atoms with E-state index in [2.05, 4.69) is 10.6 Å². The van der Waals surface area contributed by atoms with Crippen molar-refractivity contribution < 1.29 is 17.9 Å². The molecule has 2 amide bonds. The van der Waals surface area contributed by atoms with Gasteiger partial charge in [-0.15, -0.1) is 0 Å². The van der Waals surface area contributed by atoms with Crippen LogP contribution in [-0.4, -0.2) is 28.6 Å². The molecule has 0 spiro atoms. The number of anilines is 1. The number of sulfone groups is 1. The van der Waals surface area contributed by atoms with Gasteiger partial charge >= 0.3 is 6.03 Å². The normalized spacial score (nSPS) is 11.1. The van der Waals surface area contributed by atoms with Gasteiger partial charge in [0.1, 0.15) is 15.5 Å². The summed E-state index contributed by atoms with van der Waals surface area (Å²) in [4.78, 5) is 11.1. The molecule has 134 valence electrons. The molecule has 0 aliphatic heterocycles. The van der Waals surface area contributed by atoms with E-state index in [9.17, 15) is 13.2 Å². The third-order valence-corrected chi connectivity index (χ3v) is 6.06. The Labute approximate surface area is 156 Å². The zero-order valence-electron chi connectivity index (χ0n) is 13.7. The van der Waals surface area contributed by atoms with Gasteiger partial charge in [-0.3, -0.25) is 0 Å². The lowest BCUT2D eigenvalue weighted by atomic mass is 10.2. The summed E-state index contributed by atoms with van der Waals surface area (Å²) in [6, 6.07) is 6.93. The molecule has 0 atom stereocenters. The van der Waals surface area contributed by atoms with Crippen molar-refractivity contribution in [3.05, 3.63) is 45.9 Å². The molecule has 0 fully saturated rings. The lowest BCUT2D eigenvalue weighted by Gasteiger charge is -2.14. The number of carbonyl (C=O) groups excluding carboxylic acids is 1. The number of rotatable bonds is 4. The average molecular weight is 403 g/mol. The second-order valence-corrected chi connectivity index (χ2v) is 7.80. The van der Waals surface area contributed by atoms with E-state index in [0.717, 1.165) is 5.56 Å². The quantitative estimate of drug-likeness (QED) is 0.811. The molecular weight excluding hydrogens is 387 g/mol. The molecule has 2 aromatic rings. The number of aryl methyl sites for hydroxylation is 1. The highest BCUT2D eigenvalue weighted by atomic mass is 35.5. The lowest BCUT2D eigenvalue weighted by molar-refractivity contribution is 0.254. The van der Waals surface area contributed by atoms with Crippen molar-refractivity contribution in [2.24, 2.45) is 0 Å². The maximum atomic E-state index is 13.0. The van der Waals surface area contributed by atoms with Gasteiger partial charge in [-0.2, -0.15) is 0 Å². The van der Waals surface area contributed by atoms with Crippen LogP contribution in [0.15, 0.2) is 40.1 Å². The molecule has 0 unspecified atom stereocenters. The fourth-order valence-electron chi connectivity index (χ4n) is 2.19. The smallest absolute Gasteiger partial charge is 0.318 e. The van der Waals surface area contributed by atoms with Crippen molar-refractivity contribution in [3.8, 4) is 5.75 Å². The Morgan fingerprint density at radius 1 is 1.12 bits per heavy atom. The molecule has 2 rings (SSSR count). The molecule has 0 aliphatic carbocycles. The Bertz CT molecular complexity index is 907. The number of halogens is 2. The van der Waals surface area contributed by atoms with Gasteiger partial charge in [-0.1, -0.05) is 29.3 Å². The minimum absolute atomic E-state index is 0.0363. The van der Waals surface area contributed by atoms with Crippen LogP contribution in [0.5, 0.6) is 5.75 Å². The van der Waals surface area contributed by atoms with Gasteiger partial charge in [0.15, 0.2) is 0 Å². The predicted octanol–water partition coefficient (Wildman–Crippen LogP) is 3.89. The van der Waals surface area contributed by atoms with Crippen molar-refractivity contribution in [2.45, 2.75) is 16.7 Å². The number of urea groups is 1. The van der Waals surface area contributed by atoms with Crippen LogP contribution in [0, 0.1) is 6.92 Å². The van der Waals surface area contributed by atoms with Gasteiger partial charge in [-0.25, -0.2) is 13.2 Å². The van der Waals surface area contributed by atoms with Gasteiger partial charge in [0, 0.05) is 12.7 Å². The van der Waals surface area contributed by atoms with Gasteiger partial charge < -0.3 is 15.4 Å². The minimum Gasteiger partial charge on any atom is -0.495 e. The highest BCUT2D eigenvalue weighted by molar-refractivity contribution is 7.91. The number of hydrogen-bond acceptors (Lipinski definition) is 4. The number of hydrogen-bond donors (Lipinski definition) is 2. The third-order valence-electron chi connectivity index (χ3n) is 3.36. The van der Waals surface area contributed by atoms with E-state index < -0.39 is 15.9 Å². The largest absolute Gasteiger partial charge is 0.495 e. The maximum absolute atomic E-state index is 13.0. The van der Waals surface area contributed by atoms with Crippen molar-refractivity contribution in [1.29, 1.82) is 0 Å². The zero-order valence-corrected chi connectivity index (χ0v) is 16.0. The van der Waals surface area contributed by atoms with Crippen molar-refractivity contribution in [3.63, 3.8) is 0 Å². The molecule has 0 heterocycles. The fraction of sp³-hybridized carbons (Fsp3) is 0.188. The SMILES string of the molecule is CNC(=O)Nc1cc(Cl)c(S(=O)(=O)c2cc(C)ccc2OC)c(Cl)c1. The van der Waals surface area contributed by atoms with Gasteiger partial charge in [-0.05, 0) is 36.8 Å². The molecule has 25 heavy (non-hydrogen) atoms. The predicted molar refractivity (Wildman–Crippen MR) is 97.7 cm³/mol. The number of carbonyl (C=O) groups is 1. The van der Waals surface area contributed by atoms with Gasteiger partial charge in [0.25, 0.3) is 0 Å². The van der Waals surface area contributed by atoms with Crippen LogP contribution in [0.3, 0.4) is 0 Å². The third kappa shape index (κ3) is 4.00. The number of amides is 2. The second-order valence-electron chi connectivity index (χ2n) is 5.13. The average Bonchev–Trinajstić information content (AvgIpc) is 2.53. The van der Waals surface area contributed by atoms with E-state index in [1.807, 2.05) is 0 Å². The molecule has 0 aliphatic rings. The Kier molecular flexibility index (Phi) is 5.82. The molecule has 0 aromatic heterocycles. The summed E-state index contributed by atoms with van der Waals surface area (Å²) in [5.41, 5.74) is 1.01. The lowest BCUT2D eigenvalue weighted by Crippen LogP contribution is -2.24. The van der Waals surface area contributed by atoms with E-state index in [1.54, 1.807) is 19.1 Å². The zero-order chi connectivity index (χ0) is 18.8. The molecule has 9 heteroatoms. The highest BCUT2D eigenvalue weighted by Crippen LogP contribution is 2.39. The molecule has 2 N–H and O–H groups in total. The summed E-state index contributed by atoms with van der Waals surface area (Å²) in [6.45, 7) is 1.76. The number of ether oxygens (including phenoxy) is 1. The maximum Gasteiger partial charge on any atom is 0.318 e. The van der Waals surface area contributed by atoms with Crippen LogP contribution in [0.25, 0.3) is 0 Å². The van der Waals surface area contributed by atoms with Gasteiger partial charge in [0.2, 0.25) is 9.84 Å². The molecule has 0 saturated heterocycles. The minimum atomic E-state index is -4.03. The molecule has 6 nitrogen and oxygen atoms in total. The Morgan fingerprint density at radius 3 is 2.24 bits per heavy atom. The Balaban J connectivity index is 2.61. The van der Waals surface area contributed by atoms with Crippen LogP contribution >= 0.6 is 23.2 Å². The van der Waals surface area contributed by atoms with Crippen LogP contribution < -0.4 is 15.4 Å². The first-order valence-electron chi connectivity index (χ1n) is 7.08. The van der Waals surface area contributed by atoms with E-state index in [0.29, 0.717) is 0 Å². The number of methoxy groups -OCH3 is 1. The molecule has 2 aromatic carbocycles. The summed E-state index contributed by atoms with van der Waals surface area (Å²) in [6.07, 6.45) is 0. The van der Waals surface area contributed by atoms with E-state index in [-0.39, 0.29) is 31.3 Å². The van der Waals surface area contributed by atoms with Crippen LogP contribution in [0.2, 0.25) is 10.0 Å². The first-order chi connectivity index (χ1) is 11.7. The highest BCUT2D eigenvalue weighted by Gasteiger charge is 2.28. The standard InChI is InChI=1S/C16H16Cl2N2O4S/c1-9-4-5-13(24-3)14(6-9)25(22,23)15-11(17)7-10(8-12(15)18)20-16(21)19-2/h4-8H,1-3H3,(H2,19,20,21). The van der Waals surface area contributed by atoms with E-state index in [1.165, 1.54) is 32.4 Å². The topological polar surface area (TPSA) is 84.5 Å². The molecule has 0 saturated carbocycles. The van der Waals surface area contributed by atoms with Crippen molar-refractivity contribution in [2.75, 3.05) is 19.5 Å². The number of benzene rings is 2. The summed E-state index contributed by atoms with van der Waals surface area (Å²) < 4.78 is 31.2. The van der Waals surface area contributed by atoms with Crippen LogP contribution in [0.4, 0.5) is 10.5 Å². The summed E-state index contributed by atoms with van der Waals surface area (Å²) in [7, 11) is -1.21. The second kappa shape index (κ2) is 7.51. The molecule has 0 bridgehead atoms. The Hall–Kier alpha value is -1.96. The number of nitrogens with one attached hydrogen (secondary N) is 2. The first-order valence-corrected chi connectivity index (χ1v) is 9.32. The van der Waals surface area contributed by atoms with E-state index in [4.69, 9.17) is 27.9 Å². The van der Waals surface area contributed by atoms with E-state index >= 15 is 0 Å². The molecular formula is C16H16Cl2N2O4S. The summed E-state index contributed by atoms with van der Waals surface area (Å²) in [5.74, 6) is 0.185. The van der Waals surface area contributed by atoms with Crippen molar-refractivity contribution in [1.82, 2.24) is 5.32 Å². The van der Waals surface area contributed by atoms with Gasteiger partial charge in [0.05, 0.1) is 17.2 Å². The summed E-state index contributed by atoms with van der Waals surface area (Å²) >= 11 is 12.3. The Morgan fingerprint density at radius 2 is 1.72 bits per heavy atom.